The molecule has 284 valence electrons. The monoisotopic (exact) mass is 725 g/mol. The van der Waals surface area contributed by atoms with Crippen molar-refractivity contribution in [3.05, 3.63) is 12.2 Å². The summed E-state index contributed by atoms with van der Waals surface area (Å²) in [6, 6.07) is 0. The number of allylic oxidation sites excluding steroid dienone is 2. The first kappa shape index (κ1) is 50.9. The van der Waals surface area contributed by atoms with E-state index in [1.54, 1.807) is 0 Å². The number of esters is 2. The number of ether oxygens (including phenoxy) is 2. The molecule has 0 aromatic carbocycles. The summed E-state index contributed by atoms with van der Waals surface area (Å²) in [7, 11) is -4.52. The van der Waals surface area contributed by atoms with Gasteiger partial charge >= 0.3 is 41.5 Å². The van der Waals surface area contributed by atoms with Gasteiger partial charge in [-0.15, -0.1) is 0 Å². The van der Waals surface area contributed by atoms with E-state index in [9.17, 15) is 19.0 Å². The molecule has 0 fully saturated rings. The van der Waals surface area contributed by atoms with Crippen molar-refractivity contribution < 1.29 is 67.1 Å². The summed E-state index contributed by atoms with van der Waals surface area (Å²) in [5.41, 5.74) is 0. The van der Waals surface area contributed by atoms with Gasteiger partial charge in [-0.25, -0.2) is 0 Å². The van der Waals surface area contributed by atoms with Gasteiger partial charge in [0.1, 0.15) is 6.61 Å². The van der Waals surface area contributed by atoms with Crippen molar-refractivity contribution in [2.45, 2.75) is 207 Å². The average molecular weight is 725 g/mol. The molecule has 0 aromatic rings. The van der Waals surface area contributed by atoms with Gasteiger partial charge in [-0.05, 0) is 45.4 Å². The second-order valence-electron chi connectivity index (χ2n) is 13.3. The van der Waals surface area contributed by atoms with Crippen molar-refractivity contribution in [1.82, 2.24) is 0 Å². The summed E-state index contributed by atoms with van der Waals surface area (Å²) in [6.07, 6.45) is 35.2. The fourth-order valence-corrected chi connectivity index (χ4v) is 6.36. The average Bonchev–Trinajstić information content (AvgIpc) is 3.06. The Morgan fingerprint density at radius 2 is 0.939 bits per heavy atom. The molecule has 49 heavy (non-hydrogen) atoms. The van der Waals surface area contributed by atoms with Crippen LogP contribution in [0.25, 0.3) is 0 Å². The number of unbranched alkanes of at least 4 members (excludes halogenated alkanes) is 23. The number of carbonyl (C=O) groups excluding carboxylic acids is 2. The first-order valence-corrected chi connectivity index (χ1v) is 21.4. The van der Waals surface area contributed by atoms with Crippen LogP contribution < -0.4 is 34.5 Å². The SMILES string of the molecule is CCCCCCCC/C=C\CCCCCCCC(=O)O[C@H](COC(=O)CCCCCCCCCCCCCCC)COP(=O)([O-])OCC.[Na+]. The number of phosphoric acid groups is 1. The predicted octanol–water partition coefficient (Wildman–Crippen LogP) is 8.49. The molecule has 8 nitrogen and oxygen atoms in total. The minimum Gasteiger partial charge on any atom is -0.756 e. The predicted molar refractivity (Wildman–Crippen MR) is 196 cm³/mol. The molecule has 1 unspecified atom stereocenters. The van der Waals surface area contributed by atoms with E-state index in [0.717, 1.165) is 51.4 Å². The van der Waals surface area contributed by atoms with E-state index in [1.165, 1.54) is 116 Å². The van der Waals surface area contributed by atoms with Crippen molar-refractivity contribution in [2.75, 3.05) is 19.8 Å². The number of phosphoric ester groups is 1. The molecule has 0 heterocycles. The van der Waals surface area contributed by atoms with Crippen LogP contribution >= 0.6 is 7.82 Å². The molecule has 0 aliphatic carbocycles. The van der Waals surface area contributed by atoms with E-state index in [0.29, 0.717) is 6.42 Å². The van der Waals surface area contributed by atoms with Crippen molar-refractivity contribution in [3.63, 3.8) is 0 Å². The largest absolute Gasteiger partial charge is 1.00 e. The zero-order chi connectivity index (χ0) is 35.4. The molecule has 0 saturated carbocycles. The van der Waals surface area contributed by atoms with Crippen molar-refractivity contribution in [3.8, 4) is 0 Å². The molecule has 0 aliphatic rings. The maximum atomic E-state index is 12.5. The van der Waals surface area contributed by atoms with Crippen LogP contribution in [0.3, 0.4) is 0 Å². The molecule has 2 atom stereocenters. The normalized spacial score (nSPS) is 13.2. The fourth-order valence-electron chi connectivity index (χ4n) is 5.62. The topological polar surface area (TPSA) is 111 Å². The van der Waals surface area contributed by atoms with E-state index in [-0.39, 0.29) is 61.6 Å². The van der Waals surface area contributed by atoms with Gasteiger partial charge in [-0.1, -0.05) is 154 Å². The second-order valence-corrected chi connectivity index (χ2v) is 14.7. The molecular formula is C39H74NaO8P. The van der Waals surface area contributed by atoms with Gasteiger partial charge in [0, 0.05) is 12.8 Å². The van der Waals surface area contributed by atoms with Gasteiger partial charge in [-0.2, -0.15) is 0 Å². The van der Waals surface area contributed by atoms with Crippen molar-refractivity contribution >= 4 is 19.8 Å². The second kappa shape index (κ2) is 39.0. The Bertz CT molecular complexity index is 810. The molecule has 0 rings (SSSR count). The molecule has 10 heteroatoms. The molecule has 0 radical (unpaired) electrons. The quantitative estimate of drug-likeness (QED) is 0.0206. The number of hydrogen-bond donors (Lipinski definition) is 0. The molecule has 0 amide bonds. The summed E-state index contributed by atoms with van der Waals surface area (Å²) in [5, 5.41) is 0. The fraction of sp³-hybridized carbons (Fsp3) is 0.897. The van der Waals surface area contributed by atoms with Gasteiger partial charge in [0.25, 0.3) is 7.82 Å². The number of rotatable bonds is 37. The van der Waals surface area contributed by atoms with Crippen molar-refractivity contribution in [1.29, 1.82) is 0 Å². The molecule has 0 bridgehead atoms. The zero-order valence-corrected chi connectivity index (χ0v) is 35.3. The van der Waals surface area contributed by atoms with Gasteiger partial charge in [0.15, 0.2) is 6.10 Å². The maximum absolute atomic E-state index is 12.5. The van der Waals surface area contributed by atoms with Crippen LogP contribution in [0.2, 0.25) is 0 Å². The summed E-state index contributed by atoms with van der Waals surface area (Å²) >= 11 is 0. The molecule has 0 aliphatic heterocycles. The summed E-state index contributed by atoms with van der Waals surface area (Å²) in [6.45, 7) is 5.27. The Labute approximate surface area is 323 Å². The van der Waals surface area contributed by atoms with E-state index < -0.39 is 26.5 Å². The van der Waals surface area contributed by atoms with Gasteiger partial charge in [-0.3, -0.25) is 14.2 Å². The number of carbonyl (C=O) groups is 2. The van der Waals surface area contributed by atoms with E-state index in [4.69, 9.17) is 14.0 Å². The van der Waals surface area contributed by atoms with Crippen LogP contribution in [0.1, 0.15) is 201 Å². The third-order valence-electron chi connectivity index (χ3n) is 8.56. The molecule has 0 aromatic heterocycles. The van der Waals surface area contributed by atoms with Gasteiger partial charge < -0.3 is 23.4 Å². The van der Waals surface area contributed by atoms with E-state index in [2.05, 4.69) is 30.5 Å². The Kier molecular flexibility index (Phi) is 40.5. The Morgan fingerprint density at radius 1 is 0.551 bits per heavy atom. The molecule has 0 saturated heterocycles. The van der Waals surface area contributed by atoms with Crippen LogP contribution in [0.4, 0.5) is 0 Å². The van der Waals surface area contributed by atoms with E-state index in [1.807, 2.05) is 0 Å². The third-order valence-corrected chi connectivity index (χ3v) is 9.60. The van der Waals surface area contributed by atoms with Crippen molar-refractivity contribution in [2.24, 2.45) is 0 Å². The van der Waals surface area contributed by atoms with Crippen LogP contribution in [0.5, 0.6) is 0 Å². The molecule has 0 spiro atoms. The van der Waals surface area contributed by atoms with E-state index >= 15 is 0 Å². The zero-order valence-electron chi connectivity index (χ0n) is 32.4. The van der Waals surface area contributed by atoms with Gasteiger partial charge in [0.2, 0.25) is 0 Å². The maximum Gasteiger partial charge on any atom is 1.00 e. The van der Waals surface area contributed by atoms with Crippen LogP contribution in [0, 0.1) is 0 Å². The first-order valence-electron chi connectivity index (χ1n) is 19.9. The summed E-state index contributed by atoms with van der Waals surface area (Å²) in [5.74, 6) is -0.836. The minimum absolute atomic E-state index is 0. The number of hydrogen-bond acceptors (Lipinski definition) is 8. The Morgan fingerprint density at radius 3 is 1.37 bits per heavy atom. The van der Waals surface area contributed by atoms with Crippen LogP contribution in [-0.4, -0.2) is 37.9 Å². The molecular weight excluding hydrogens is 650 g/mol. The van der Waals surface area contributed by atoms with Crippen LogP contribution in [-0.2, 0) is 32.7 Å². The standard InChI is InChI=1S/C39H75O8P.Na/c1-4-7-9-11-13-15-17-19-20-22-24-26-28-30-32-34-39(41)47-37(36-46-48(42,43)45-6-3)35-44-38(40)33-31-29-27-25-23-21-18-16-14-12-10-8-5-2;/h19-20,37H,4-18,21-36H2,1-3H3,(H,42,43);/q;+1/p-1/b20-19-;/t37-;/m1./s1. The Hall–Kier alpha value is -0.210. The molecule has 0 N–H and O–H groups in total. The Balaban J connectivity index is 0. The third kappa shape index (κ3) is 38.8. The summed E-state index contributed by atoms with van der Waals surface area (Å²) < 4.78 is 32.2. The minimum atomic E-state index is -4.52. The first-order chi connectivity index (χ1) is 23.3. The van der Waals surface area contributed by atoms with Crippen LogP contribution in [0.15, 0.2) is 12.2 Å². The summed E-state index contributed by atoms with van der Waals surface area (Å²) in [4.78, 5) is 36.7. The van der Waals surface area contributed by atoms with Gasteiger partial charge in [0.05, 0.1) is 13.2 Å². The smallest absolute Gasteiger partial charge is 0.756 e.